The van der Waals surface area contributed by atoms with Crippen LogP contribution in [0.3, 0.4) is 0 Å². The number of aromatic carboxylic acids is 1. The van der Waals surface area contributed by atoms with Gasteiger partial charge in [0.1, 0.15) is 5.75 Å². The van der Waals surface area contributed by atoms with E-state index < -0.39 is 24.2 Å². The van der Waals surface area contributed by atoms with Crippen LogP contribution in [0.4, 0.5) is 13.2 Å². The monoisotopic (exact) mass is 668 g/mol. The Kier molecular flexibility index (Phi) is 16.5. The van der Waals surface area contributed by atoms with Crippen molar-refractivity contribution in [3.8, 4) is 28.0 Å². The zero-order valence-corrected chi connectivity index (χ0v) is 28.5. The normalized spacial score (nSPS) is 12.1. The number of unbranched alkanes of at least 4 members (excludes halogenated alkanes) is 12. The summed E-state index contributed by atoms with van der Waals surface area (Å²) in [5.41, 5.74) is 2.34. The summed E-state index contributed by atoms with van der Waals surface area (Å²) in [5, 5.41) is 9.79. The second-order valence-corrected chi connectivity index (χ2v) is 12.5. The number of hydrogen-bond donors (Lipinski definition) is 1. The third kappa shape index (κ3) is 13.0. The summed E-state index contributed by atoms with van der Waals surface area (Å²) in [6, 6.07) is 18.6. The SMILES string of the molecule is CCCCCCCCCCCCOc1ccc(-c2ccc(-c3cc(C(=O)OC(CCCCCC)C(F)(F)F)ccc3C(=O)O)cc2)cc1. The van der Waals surface area contributed by atoms with Gasteiger partial charge < -0.3 is 14.6 Å². The Morgan fingerprint density at radius 3 is 1.71 bits per heavy atom. The number of alkyl halides is 3. The molecule has 48 heavy (non-hydrogen) atoms. The lowest BCUT2D eigenvalue weighted by Gasteiger charge is -2.21. The van der Waals surface area contributed by atoms with Crippen LogP contribution in [0.2, 0.25) is 0 Å². The van der Waals surface area contributed by atoms with Crippen LogP contribution < -0.4 is 4.74 Å². The molecule has 0 aliphatic carbocycles. The van der Waals surface area contributed by atoms with Crippen molar-refractivity contribution in [3.63, 3.8) is 0 Å². The largest absolute Gasteiger partial charge is 0.494 e. The van der Waals surface area contributed by atoms with Gasteiger partial charge in [0.2, 0.25) is 0 Å². The maximum absolute atomic E-state index is 13.6. The number of esters is 1. The van der Waals surface area contributed by atoms with Gasteiger partial charge in [-0.1, -0.05) is 127 Å². The molecular formula is C40H51F3O5. The number of carboxylic acids is 1. The lowest BCUT2D eigenvalue weighted by atomic mass is 9.95. The molecular weight excluding hydrogens is 617 g/mol. The van der Waals surface area contributed by atoms with Crippen molar-refractivity contribution in [3.05, 3.63) is 77.9 Å². The van der Waals surface area contributed by atoms with E-state index in [0.717, 1.165) is 36.1 Å². The minimum Gasteiger partial charge on any atom is -0.494 e. The van der Waals surface area contributed by atoms with Crippen molar-refractivity contribution in [1.82, 2.24) is 0 Å². The van der Waals surface area contributed by atoms with Gasteiger partial charge in [-0.2, -0.15) is 13.2 Å². The lowest BCUT2D eigenvalue weighted by Crippen LogP contribution is -2.34. The van der Waals surface area contributed by atoms with Crippen molar-refractivity contribution in [1.29, 1.82) is 0 Å². The molecule has 1 N–H and O–H groups in total. The van der Waals surface area contributed by atoms with Crippen LogP contribution in [0.15, 0.2) is 66.7 Å². The summed E-state index contributed by atoms with van der Waals surface area (Å²) in [6.45, 7) is 4.88. The zero-order valence-electron chi connectivity index (χ0n) is 28.5. The molecule has 5 nitrogen and oxygen atoms in total. The highest BCUT2D eigenvalue weighted by Gasteiger charge is 2.42. The van der Waals surface area contributed by atoms with Gasteiger partial charge in [0.15, 0.2) is 6.10 Å². The Balaban J connectivity index is 1.58. The second kappa shape index (κ2) is 20.5. The molecule has 0 fully saturated rings. The van der Waals surface area contributed by atoms with E-state index in [0.29, 0.717) is 18.6 Å². The third-order valence-electron chi connectivity index (χ3n) is 8.57. The van der Waals surface area contributed by atoms with Gasteiger partial charge in [-0.25, -0.2) is 9.59 Å². The summed E-state index contributed by atoms with van der Waals surface area (Å²) in [4.78, 5) is 24.8. The number of carbonyl (C=O) groups excluding carboxylic acids is 1. The van der Waals surface area contributed by atoms with Crippen molar-refractivity contribution in [2.45, 2.75) is 122 Å². The summed E-state index contributed by atoms with van der Waals surface area (Å²) in [5.74, 6) is -1.56. The summed E-state index contributed by atoms with van der Waals surface area (Å²) >= 11 is 0. The molecule has 0 aliphatic rings. The fraction of sp³-hybridized carbons (Fsp3) is 0.500. The first-order valence-corrected chi connectivity index (χ1v) is 17.6. The quantitative estimate of drug-likeness (QED) is 0.0852. The fourth-order valence-electron chi connectivity index (χ4n) is 5.71. The van der Waals surface area contributed by atoms with Crippen molar-refractivity contribution < 1.29 is 37.3 Å². The van der Waals surface area contributed by atoms with E-state index in [4.69, 9.17) is 9.47 Å². The number of benzene rings is 3. The molecule has 0 bridgehead atoms. The van der Waals surface area contributed by atoms with Crippen molar-refractivity contribution >= 4 is 11.9 Å². The smallest absolute Gasteiger partial charge is 0.425 e. The van der Waals surface area contributed by atoms with Gasteiger partial charge in [-0.05, 0) is 71.8 Å². The first-order valence-electron chi connectivity index (χ1n) is 17.6. The molecule has 8 heteroatoms. The van der Waals surface area contributed by atoms with E-state index in [1.807, 2.05) is 43.3 Å². The van der Waals surface area contributed by atoms with E-state index >= 15 is 0 Å². The van der Waals surface area contributed by atoms with E-state index in [9.17, 15) is 27.9 Å². The Morgan fingerprint density at radius 1 is 0.667 bits per heavy atom. The Labute approximate surface area is 283 Å². The highest BCUT2D eigenvalue weighted by Crippen LogP contribution is 2.31. The molecule has 3 rings (SSSR count). The summed E-state index contributed by atoms with van der Waals surface area (Å²) in [7, 11) is 0. The minimum atomic E-state index is -4.70. The first-order chi connectivity index (χ1) is 23.1. The number of rotatable bonds is 22. The van der Waals surface area contributed by atoms with Crippen molar-refractivity contribution in [2.75, 3.05) is 6.61 Å². The molecule has 0 aliphatic heterocycles. The number of carboxylic acid groups (broad SMARTS) is 1. The molecule has 0 saturated carbocycles. The third-order valence-corrected chi connectivity index (χ3v) is 8.57. The van der Waals surface area contributed by atoms with Crippen LogP contribution in [-0.4, -0.2) is 35.9 Å². The van der Waals surface area contributed by atoms with Gasteiger partial charge in [-0.3, -0.25) is 0 Å². The fourth-order valence-corrected chi connectivity index (χ4v) is 5.71. The average molecular weight is 669 g/mol. The molecule has 1 unspecified atom stereocenters. The Morgan fingerprint density at radius 2 is 1.17 bits per heavy atom. The van der Waals surface area contributed by atoms with Gasteiger partial charge >= 0.3 is 18.1 Å². The highest BCUT2D eigenvalue weighted by atomic mass is 19.4. The second-order valence-electron chi connectivity index (χ2n) is 12.5. The number of ether oxygens (including phenoxy) is 2. The minimum absolute atomic E-state index is 0.0739. The van der Waals surface area contributed by atoms with Gasteiger partial charge in [0.25, 0.3) is 0 Å². The molecule has 0 saturated heterocycles. The van der Waals surface area contributed by atoms with Gasteiger partial charge in [0.05, 0.1) is 17.7 Å². The van der Waals surface area contributed by atoms with E-state index in [2.05, 4.69) is 6.92 Å². The molecule has 0 aromatic heterocycles. The predicted octanol–water partition coefficient (Wildman–Crippen LogP) is 12.1. The van der Waals surface area contributed by atoms with Crippen LogP contribution >= 0.6 is 0 Å². The molecule has 3 aromatic carbocycles. The Hall–Kier alpha value is -3.81. The van der Waals surface area contributed by atoms with Crippen LogP contribution in [-0.2, 0) is 4.74 Å². The van der Waals surface area contributed by atoms with Crippen LogP contribution in [0.1, 0.15) is 131 Å². The lowest BCUT2D eigenvalue weighted by molar-refractivity contribution is -0.206. The number of hydrogen-bond acceptors (Lipinski definition) is 4. The maximum atomic E-state index is 13.6. The molecule has 3 aromatic rings. The predicted molar refractivity (Wildman–Crippen MR) is 186 cm³/mol. The van der Waals surface area contributed by atoms with Crippen molar-refractivity contribution in [2.24, 2.45) is 0 Å². The summed E-state index contributed by atoms with van der Waals surface area (Å²) in [6.07, 6.45) is 8.06. The molecule has 0 radical (unpaired) electrons. The Bertz CT molecular complexity index is 1380. The summed E-state index contributed by atoms with van der Waals surface area (Å²) < 4.78 is 51.7. The highest BCUT2D eigenvalue weighted by molar-refractivity contribution is 5.99. The first kappa shape index (κ1) is 38.6. The van der Waals surface area contributed by atoms with E-state index in [1.54, 1.807) is 12.1 Å². The zero-order chi connectivity index (χ0) is 34.8. The van der Waals surface area contributed by atoms with Crippen LogP contribution in [0.25, 0.3) is 22.3 Å². The van der Waals surface area contributed by atoms with E-state index in [1.165, 1.54) is 76.0 Å². The van der Waals surface area contributed by atoms with Crippen LogP contribution in [0.5, 0.6) is 5.75 Å². The molecule has 0 spiro atoms. The van der Waals surface area contributed by atoms with E-state index in [-0.39, 0.29) is 29.5 Å². The van der Waals surface area contributed by atoms with Gasteiger partial charge in [0, 0.05) is 0 Å². The van der Waals surface area contributed by atoms with Crippen LogP contribution in [0, 0.1) is 0 Å². The topological polar surface area (TPSA) is 72.8 Å². The maximum Gasteiger partial charge on any atom is 0.425 e. The molecule has 262 valence electrons. The average Bonchev–Trinajstić information content (AvgIpc) is 3.08. The number of halogens is 3. The number of carbonyl (C=O) groups is 2. The molecule has 1 atom stereocenters. The standard InChI is InChI=1S/C40H51F3O5/c1-3-5-7-9-10-11-12-13-14-16-28-47-34-25-22-31(23-26-34)30-18-20-32(21-19-30)36-29-33(24-27-35(36)38(44)45)39(46)48-37(40(41,42)43)17-15-8-6-4-2/h18-27,29,37H,3-17,28H2,1-2H3,(H,44,45). The molecule has 0 heterocycles. The van der Waals surface area contributed by atoms with Gasteiger partial charge in [-0.15, -0.1) is 0 Å². The molecule has 0 amide bonds.